The largest absolute Gasteiger partial charge is 0.357 e. The summed E-state index contributed by atoms with van der Waals surface area (Å²) in [6, 6.07) is 6.68. The maximum Gasteiger partial charge on any atom is 0.193 e. The predicted molar refractivity (Wildman–Crippen MR) is 119 cm³/mol. The van der Waals surface area contributed by atoms with E-state index < -0.39 is 0 Å². The number of hydrogen-bond acceptors (Lipinski definition) is 2. The molecule has 1 heterocycles. The summed E-state index contributed by atoms with van der Waals surface area (Å²) >= 11 is 0. The Hall–Kier alpha value is -0.890. The van der Waals surface area contributed by atoms with Gasteiger partial charge in [-0.1, -0.05) is 19.1 Å². The normalized spacial score (nSPS) is 16.2. The molecule has 1 N–H and O–H groups in total. The fourth-order valence-corrected chi connectivity index (χ4v) is 3.35. The number of guanidine groups is 1. The summed E-state index contributed by atoms with van der Waals surface area (Å²) in [6.45, 7) is 10.4. The summed E-state index contributed by atoms with van der Waals surface area (Å²) in [6.07, 6.45) is 3.76. The standard InChI is InChI=1S/C20H33FN4.HI/c1-4-22-20(24(3)16-18-6-8-19(21)9-7-18)23-13-10-17-11-14-25(5-2)15-12-17;/h6-9,17H,4-5,10-16H2,1-3H3,(H,22,23);1H. The van der Waals surface area contributed by atoms with Crippen LogP contribution in [0.5, 0.6) is 0 Å². The Kier molecular flexibility index (Phi) is 11.1. The van der Waals surface area contributed by atoms with E-state index in [0.29, 0.717) is 0 Å². The summed E-state index contributed by atoms with van der Waals surface area (Å²) in [5, 5.41) is 3.36. The number of rotatable bonds is 7. The smallest absolute Gasteiger partial charge is 0.193 e. The van der Waals surface area contributed by atoms with E-state index >= 15 is 0 Å². The Bertz CT molecular complexity index is 527. The third-order valence-electron chi connectivity index (χ3n) is 4.98. The van der Waals surface area contributed by atoms with Gasteiger partial charge in [0.05, 0.1) is 0 Å². The zero-order chi connectivity index (χ0) is 18.1. The topological polar surface area (TPSA) is 30.9 Å². The highest BCUT2D eigenvalue weighted by molar-refractivity contribution is 14.0. The van der Waals surface area contributed by atoms with Crippen molar-refractivity contribution in [1.82, 2.24) is 15.1 Å². The first-order valence-corrected chi connectivity index (χ1v) is 9.58. The maximum absolute atomic E-state index is 13.0. The zero-order valence-corrected chi connectivity index (χ0v) is 18.7. The van der Waals surface area contributed by atoms with E-state index in [0.717, 1.165) is 43.5 Å². The van der Waals surface area contributed by atoms with Gasteiger partial charge in [0, 0.05) is 26.7 Å². The summed E-state index contributed by atoms with van der Waals surface area (Å²) in [5.41, 5.74) is 1.08. The molecule has 0 radical (unpaired) electrons. The van der Waals surface area contributed by atoms with Crippen LogP contribution in [0.15, 0.2) is 29.3 Å². The molecule has 0 unspecified atom stereocenters. The Labute approximate surface area is 175 Å². The molecule has 26 heavy (non-hydrogen) atoms. The van der Waals surface area contributed by atoms with Crippen LogP contribution in [0.3, 0.4) is 0 Å². The maximum atomic E-state index is 13.0. The van der Waals surface area contributed by atoms with Crippen molar-refractivity contribution < 1.29 is 4.39 Å². The second-order valence-electron chi connectivity index (χ2n) is 6.88. The van der Waals surface area contributed by atoms with Crippen LogP contribution in [0.25, 0.3) is 0 Å². The first kappa shape index (κ1) is 23.1. The van der Waals surface area contributed by atoms with Crippen LogP contribution in [0.2, 0.25) is 0 Å². The van der Waals surface area contributed by atoms with Crippen LogP contribution in [0.4, 0.5) is 4.39 Å². The summed E-state index contributed by atoms with van der Waals surface area (Å²) in [4.78, 5) is 9.44. The molecule has 0 amide bonds. The monoisotopic (exact) mass is 476 g/mol. The van der Waals surface area contributed by atoms with Crippen molar-refractivity contribution in [1.29, 1.82) is 0 Å². The molecule has 1 aliphatic rings. The zero-order valence-electron chi connectivity index (χ0n) is 16.4. The van der Waals surface area contributed by atoms with Gasteiger partial charge in [0.2, 0.25) is 0 Å². The Morgan fingerprint density at radius 3 is 2.46 bits per heavy atom. The molecule has 0 saturated carbocycles. The highest BCUT2D eigenvalue weighted by atomic mass is 127. The number of piperidine rings is 1. The molecule has 148 valence electrons. The molecule has 1 aromatic rings. The summed E-state index contributed by atoms with van der Waals surface area (Å²) in [7, 11) is 2.03. The van der Waals surface area contributed by atoms with Gasteiger partial charge in [0.15, 0.2) is 5.96 Å². The first-order valence-electron chi connectivity index (χ1n) is 9.58. The van der Waals surface area contributed by atoms with Gasteiger partial charge < -0.3 is 15.1 Å². The van der Waals surface area contributed by atoms with Crippen LogP contribution in [0.1, 0.15) is 38.7 Å². The third-order valence-corrected chi connectivity index (χ3v) is 4.98. The fraction of sp³-hybridized carbons (Fsp3) is 0.650. The molecule has 2 rings (SSSR count). The van der Waals surface area contributed by atoms with Crippen molar-refractivity contribution in [3.63, 3.8) is 0 Å². The van der Waals surface area contributed by atoms with Gasteiger partial charge in [-0.3, -0.25) is 4.99 Å². The Morgan fingerprint density at radius 1 is 1.23 bits per heavy atom. The van der Waals surface area contributed by atoms with Gasteiger partial charge in [0.1, 0.15) is 5.82 Å². The van der Waals surface area contributed by atoms with Gasteiger partial charge in [0.25, 0.3) is 0 Å². The van der Waals surface area contributed by atoms with Crippen LogP contribution in [0, 0.1) is 11.7 Å². The quantitative estimate of drug-likeness (QED) is 0.367. The minimum atomic E-state index is -0.193. The number of nitrogens with one attached hydrogen (secondary N) is 1. The van der Waals surface area contributed by atoms with Crippen molar-refractivity contribution in [2.45, 2.75) is 39.7 Å². The number of hydrogen-bond donors (Lipinski definition) is 1. The van der Waals surface area contributed by atoms with E-state index in [1.165, 1.54) is 44.6 Å². The van der Waals surface area contributed by atoms with Crippen LogP contribution < -0.4 is 5.32 Å². The van der Waals surface area contributed by atoms with E-state index in [-0.39, 0.29) is 29.8 Å². The predicted octanol–water partition coefficient (Wildman–Crippen LogP) is 3.96. The molecule has 0 bridgehead atoms. The second-order valence-corrected chi connectivity index (χ2v) is 6.88. The number of aliphatic imine (C=N–C) groups is 1. The Balaban J connectivity index is 0.00000338. The van der Waals surface area contributed by atoms with E-state index in [1.54, 1.807) is 0 Å². The third kappa shape index (κ3) is 7.78. The van der Waals surface area contributed by atoms with Gasteiger partial charge in [-0.25, -0.2) is 4.39 Å². The highest BCUT2D eigenvalue weighted by Gasteiger charge is 2.17. The molecule has 0 spiro atoms. The molecule has 1 aromatic carbocycles. The lowest BCUT2D eigenvalue weighted by Gasteiger charge is -2.30. The van der Waals surface area contributed by atoms with E-state index in [2.05, 4.69) is 29.0 Å². The molecule has 1 aliphatic heterocycles. The first-order chi connectivity index (χ1) is 12.1. The second kappa shape index (κ2) is 12.5. The SMILES string of the molecule is CCNC(=NCCC1CCN(CC)CC1)N(C)Cc1ccc(F)cc1.I. The fourth-order valence-electron chi connectivity index (χ4n) is 3.35. The van der Waals surface area contributed by atoms with Crippen molar-refractivity contribution in [2.75, 3.05) is 39.8 Å². The molecule has 1 fully saturated rings. The van der Waals surface area contributed by atoms with Crippen LogP contribution >= 0.6 is 24.0 Å². The molecule has 1 saturated heterocycles. The molecule has 0 atom stereocenters. The van der Waals surface area contributed by atoms with Crippen molar-refractivity contribution in [3.05, 3.63) is 35.6 Å². The lowest BCUT2D eigenvalue weighted by molar-refractivity contribution is 0.188. The summed E-state index contributed by atoms with van der Waals surface area (Å²) in [5.74, 6) is 1.54. The van der Waals surface area contributed by atoms with Crippen molar-refractivity contribution >= 4 is 29.9 Å². The highest BCUT2D eigenvalue weighted by Crippen LogP contribution is 2.20. The van der Waals surface area contributed by atoms with Gasteiger partial charge in [-0.05, 0) is 69.4 Å². The molecular formula is C20H34FIN4. The van der Waals surface area contributed by atoms with Crippen LogP contribution in [-0.2, 0) is 6.54 Å². The van der Waals surface area contributed by atoms with Gasteiger partial charge in [-0.2, -0.15) is 0 Å². The van der Waals surface area contributed by atoms with E-state index in [9.17, 15) is 4.39 Å². The lowest BCUT2D eigenvalue weighted by Crippen LogP contribution is -2.38. The molecule has 6 heteroatoms. The average Bonchev–Trinajstić information content (AvgIpc) is 2.63. The number of likely N-dealkylation sites (tertiary alicyclic amines) is 1. The van der Waals surface area contributed by atoms with Crippen LogP contribution in [-0.4, -0.2) is 55.5 Å². The lowest BCUT2D eigenvalue weighted by atomic mass is 9.94. The molecule has 4 nitrogen and oxygen atoms in total. The van der Waals surface area contributed by atoms with E-state index in [4.69, 9.17) is 4.99 Å². The van der Waals surface area contributed by atoms with Crippen molar-refractivity contribution in [2.24, 2.45) is 10.9 Å². The minimum absolute atomic E-state index is 0. The Morgan fingerprint density at radius 2 is 1.88 bits per heavy atom. The molecule has 0 aliphatic carbocycles. The number of nitrogens with zero attached hydrogens (tertiary/aromatic N) is 3. The number of halogens is 2. The van der Waals surface area contributed by atoms with Crippen molar-refractivity contribution in [3.8, 4) is 0 Å². The summed E-state index contributed by atoms with van der Waals surface area (Å²) < 4.78 is 13.0. The van der Waals surface area contributed by atoms with E-state index in [1.807, 2.05) is 19.2 Å². The molecule has 0 aromatic heterocycles. The molecular weight excluding hydrogens is 442 g/mol. The van der Waals surface area contributed by atoms with Gasteiger partial charge in [-0.15, -0.1) is 24.0 Å². The minimum Gasteiger partial charge on any atom is -0.357 e. The van der Waals surface area contributed by atoms with Gasteiger partial charge >= 0.3 is 0 Å². The average molecular weight is 476 g/mol. The number of benzene rings is 1.